The predicted octanol–water partition coefficient (Wildman–Crippen LogP) is 0.915. The average Bonchev–Trinajstić information content (AvgIpc) is 2.33. The summed E-state index contributed by atoms with van der Waals surface area (Å²) in [5, 5.41) is 5.85. The Bertz CT molecular complexity index is 385. The van der Waals surface area contributed by atoms with Crippen LogP contribution in [0.5, 0.6) is 0 Å². The summed E-state index contributed by atoms with van der Waals surface area (Å²) in [6.45, 7) is 4.53. The highest BCUT2D eigenvalue weighted by Gasteiger charge is 2.18. The van der Waals surface area contributed by atoms with Gasteiger partial charge in [-0.25, -0.2) is 0 Å². The lowest BCUT2D eigenvalue weighted by Crippen LogP contribution is -2.42. The first-order valence-electron chi connectivity index (χ1n) is 6.16. The van der Waals surface area contributed by atoms with Crippen molar-refractivity contribution < 1.29 is 9.59 Å². The Hall–Kier alpha value is -1.17. The summed E-state index contributed by atoms with van der Waals surface area (Å²) in [4.78, 5) is 21.5. The molecule has 0 saturated carbocycles. The molecule has 1 rings (SSSR count). The van der Waals surface area contributed by atoms with Gasteiger partial charge in [0.15, 0.2) is 0 Å². The van der Waals surface area contributed by atoms with Crippen molar-refractivity contribution in [1.29, 1.82) is 0 Å². The van der Waals surface area contributed by atoms with Gasteiger partial charge in [-0.1, -0.05) is 12.1 Å². The molecule has 0 radical (unpaired) electrons. The third-order valence-corrected chi connectivity index (χ3v) is 3.60. The normalized spacial score (nSPS) is 11.3. The van der Waals surface area contributed by atoms with Gasteiger partial charge >= 0.3 is 0 Å². The fourth-order valence-corrected chi connectivity index (χ4v) is 2.08. The van der Waals surface area contributed by atoms with Crippen LogP contribution in [0.15, 0.2) is 24.3 Å². The Balaban J connectivity index is 2.54. The Morgan fingerprint density at radius 2 is 1.89 bits per heavy atom. The topological polar surface area (TPSA) is 61.4 Å². The molecule has 0 fully saturated rings. The number of nitrogens with one attached hydrogen (secondary N) is 2. The van der Waals surface area contributed by atoms with Crippen LogP contribution >= 0.6 is 0 Å². The fraction of sp³-hybridized carbons (Fsp3) is 0.462. The molecule has 1 aromatic rings. The molecule has 0 bridgehead atoms. The molecule has 0 aliphatic heterocycles. The Kier molecular flexibility index (Phi) is 5.52. The number of benzene rings is 1. The van der Waals surface area contributed by atoms with Crippen molar-refractivity contribution in [2.24, 2.45) is 0 Å². The summed E-state index contributed by atoms with van der Waals surface area (Å²) < 4.78 is 0. The van der Waals surface area contributed by atoms with Gasteiger partial charge < -0.3 is 15.4 Å². The molecular weight excluding hydrogens is 244 g/mol. The van der Waals surface area contributed by atoms with Crippen molar-refractivity contribution in [2.45, 2.75) is 19.5 Å². The standard InChI is InChI=1S/C13H22N2O2Si/c1-14-9-8-11-4-6-12(7-5-11)13(16)15-10-18(2,3)17/h4-7,14,17H,8-10H2,1-3H3,(H,15,16). The van der Waals surface area contributed by atoms with Crippen molar-refractivity contribution in [2.75, 3.05) is 19.8 Å². The van der Waals surface area contributed by atoms with Crippen LogP contribution in [-0.4, -0.2) is 38.8 Å². The highest BCUT2D eigenvalue weighted by molar-refractivity contribution is 6.70. The SMILES string of the molecule is CNCCc1ccc(C(=O)NC[Si](C)(C)O)cc1. The van der Waals surface area contributed by atoms with Crippen molar-refractivity contribution >= 4 is 14.2 Å². The van der Waals surface area contributed by atoms with E-state index in [9.17, 15) is 9.59 Å². The summed E-state index contributed by atoms with van der Waals surface area (Å²) in [6, 6.07) is 7.58. The highest BCUT2D eigenvalue weighted by Crippen LogP contribution is 2.05. The zero-order chi connectivity index (χ0) is 13.6. The zero-order valence-electron chi connectivity index (χ0n) is 11.3. The quantitative estimate of drug-likeness (QED) is 0.671. The van der Waals surface area contributed by atoms with Crippen LogP contribution in [0.2, 0.25) is 13.1 Å². The predicted molar refractivity (Wildman–Crippen MR) is 76.1 cm³/mol. The van der Waals surface area contributed by atoms with Crippen molar-refractivity contribution in [3.05, 3.63) is 35.4 Å². The lowest BCUT2D eigenvalue weighted by atomic mass is 10.1. The van der Waals surface area contributed by atoms with E-state index in [1.165, 1.54) is 5.56 Å². The summed E-state index contributed by atoms with van der Waals surface area (Å²) in [5.41, 5.74) is 1.85. The number of carbonyl (C=O) groups is 1. The molecule has 0 unspecified atom stereocenters. The third-order valence-electron chi connectivity index (χ3n) is 2.56. The molecule has 0 saturated heterocycles. The molecule has 1 amide bonds. The maximum Gasteiger partial charge on any atom is 0.251 e. The van der Waals surface area contributed by atoms with E-state index in [2.05, 4.69) is 10.6 Å². The monoisotopic (exact) mass is 266 g/mol. The molecule has 3 N–H and O–H groups in total. The van der Waals surface area contributed by atoms with Gasteiger partial charge in [0.2, 0.25) is 8.32 Å². The van der Waals surface area contributed by atoms with Gasteiger partial charge in [-0.05, 0) is 50.8 Å². The van der Waals surface area contributed by atoms with E-state index in [1.54, 1.807) is 13.1 Å². The molecule has 0 heterocycles. The third kappa shape index (κ3) is 5.44. The molecule has 1 aromatic carbocycles. The molecule has 0 atom stereocenters. The van der Waals surface area contributed by atoms with Gasteiger partial charge in [0.1, 0.15) is 0 Å². The van der Waals surface area contributed by atoms with Gasteiger partial charge in [-0.15, -0.1) is 0 Å². The minimum atomic E-state index is -2.22. The molecular formula is C13H22N2O2Si. The summed E-state index contributed by atoms with van der Waals surface area (Å²) in [6.07, 6.45) is 1.34. The fourth-order valence-electron chi connectivity index (χ4n) is 1.49. The molecule has 18 heavy (non-hydrogen) atoms. The molecule has 0 aliphatic rings. The van der Waals surface area contributed by atoms with Crippen LogP contribution in [0.3, 0.4) is 0 Å². The summed E-state index contributed by atoms with van der Waals surface area (Å²) in [7, 11) is -0.303. The van der Waals surface area contributed by atoms with E-state index >= 15 is 0 Å². The first-order chi connectivity index (χ1) is 8.42. The first-order valence-corrected chi connectivity index (χ1v) is 9.32. The van der Waals surface area contributed by atoms with E-state index in [1.807, 2.05) is 31.3 Å². The molecule has 100 valence electrons. The molecule has 0 aromatic heterocycles. The largest absolute Gasteiger partial charge is 0.431 e. The van der Waals surface area contributed by atoms with Gasteiger partial charge in [-0.3, -0.25) is 4.79 Å². The number of carbonyl (C=O) groups excluding carboxylic acids is 1. The van der Waals surface area contributed by atoms with E-state index in [4.69, 9.17) is 0 Å². The lowest BCUT2D eigenvalue weighted by molar-refractivity contribution is 0.0958. The van der Waals surface area contributed by atoms with E-state index < -0.39 is 8.32 Å². The van der Waals surface area contributed by atoms with Crippen molar-refractivity contribution in [1.82, 2.24) is 10.6 Å². The van der Waals surface area contributed by atoms with E-state index in [0.29, 0.717) is 11.7 Å². The maximum absolute atomic E-state index is 11.8. The maximum atomic E-state index is 11.8. The number of rotatable bonds is 6. The second kappa shape index (κ2) is 6.68. The van der Waals surface area contributed by atoms with Crippen molar-refractivity contribution in [3.8, 4) is 0 Å². The molecule has 0 aliphatic carbocycles. The highest BCUT2D eigenvalue weighted by atomic mass is 28.4. The minimum absolute atomic E-state index is 0.121. The molecule has 5 heteroatoms. The van der Waals surface area contributed by atoms with E-state index in [-0.39, 0.29) is 5.91 Å². The first kappa shape index (κ1) is 14.9. The number of amides is 1. The van der Waals surface area contributed by atoms with Crippen LogP contribution in [0.4, 0.5) is 0 Å². The van der Waals surface area contributed by atoms with Crippen LogP contribution in [-0.2, 0) is 6.42 Å². The number of likely N-dealkylation sites (N-methyl/N-ethyl adjacent to an activating group) is 1. The Labute approximate surface area is 110 Å². The van der Waals surface area contributed by atoms with Gasteiger partial charge in [0.25, 0.3) is 5.91 Å². The van der Waals surface area contributed by atoms with Gasteiger partial charge in [-0.2, -0.15) is 0 Å². The molecule has 4 nitrogen and oxygen atoms in total. The Morgan fingerprint density at radius 3 is 2.39 bits per heavy atom. The summed E-state index contributed by atoms with van der Waals surface area (Å²) in [5.74, 6) is -0.121. The van der Waals surface area contributed by atoms with Crippen LogP contribution in [0.25, 0.3) is 0 Å². The zero-order valence-corrected chi connectivity index (χ0v) is 12.3. The second-order valence-corrected chi connectivity index (χ2v) is 9.02. The van der Waals surface area contributed by atoms with Gasteiger partial charge in [0.05, 0.1) is 0 Å². The number of hydrogen-bond acceptors (Lipinski definition) is 3. The van der Waals surface area contributed by atoms with Crippen LogP contribution < -0.4 is 10.6 Å². The van der Waals surface area contributed by atoms with Crippen LogP contribution in [0, 0.1) is 0 Å². The number of hydrogen-bond donors (Lipinski definition) is 3. The average molecular weight is 266 g/mol. The van der Waals surface area contributed by atoms with Gasteiger partial charge in [0, 0.05) is 11.7 Å². The second-order valence-electron chi connectivity index (χ2n) is 5.05. The molecule has 0 spiro atoms. The smallest absolute Gasteiger partial charge is 0.251 e. The van der Waals surface area contributed by atoms with Crippen molar-refractivity contribution in [3.63, 3.8) is 0 Å². The Morgan fingerprint density at radius 1 is 1.28 bits per heavy atom. The lowest BCUT2D eigenvalue weighted by Gasteiger charge is -2.14. The summed E-state index contributed by atoms with van der Waals surface area (Å²) >= 11 is 0. The minimum Gasteiger partial charge on any atom is -0.431 e. The van der Waals surface area contributed by atoms with Crippen LogP contribution in [0.1, 0.15) is 15.9 Å². The van der Waals surface area contributed by atoms with E-state index in [0.717, 1.165) is 13.0 Å².